The summed E-state index contributed by atoms with van der Waals surface area (Å²) in [5.74, 6) is -0.522. The van der Waals surface area contributed by atoms with Gasteiger partial charge in [0.1, 0.15) is 0 Å². The monoisotopic (exact) mass is 387 g/mol. The first-order valence-corrected chi connectivity index (χ1v) is 10.1. The maximum atomic E-state index is 12.7. The number of piperidine rings is 1. The van der Waals surface area contributed by atoms with Crippen molar-refractivity contribution in [3.63, 3.8) is 0 Å². The van der Waals surface area contributed by atoms with Crippen LogP contribution >= 0.6 is 0 Å². The molecule has 0 bridgehead atoms. The minimum absolute atomic E-state index is 0.0636. The third-order valence-electron chi connectivity index (χ3n) is 5.74. The molecule has 0 radical (unpaired) electrons. The number of rotatable bonds is 5. The van der Waals surface area contributed by atoms with E-state index in [1.807, 2.05) is 0 Å². The topological polar surface area (TPSA) is 102 Å². The van der Waals surface area contributed by atoms with Gasteiger partial charge in [-0.05, 0) is 56.9 Å². The first kappa shape index (κ1) is 20.3. The Morgan fingerprint density at radius 2 is 1.75 bits per heavy atom. The molecule has 2 fully saturated rings. The first-order chi connectivity index (χ1) is 13.4. The van der Waals surface area contributed by atoms with E-state index in [-0.39, 0.29) is 23.7 Å². The second-order valence-corrected chi connectivity index (χ2v) is 7.71. The lowest BCUT2D eigenvalue weighted by Gasteiger charge is -2.31. The Labute approximate surface area is 165 Å². The molecule has 0 aromatic heterocycles. The maximum Gasteiger partial charge on any atom is 0.309 e. The molecule has 0 unspecified atom stereocenters. The van der Waals surface area contributed by atoms with E-state index in [0.29, 0.717) is 56.6 Å². The van der Waals surface area contributed by atoms with Gasteiger partial charge in [0, 0.05) is 24.3 Å². The zero-order valence-electron chi connectivity index (χ0n) is 16.4. The van der Waals surface area contributed by atoms with Gasteiger partial charge >= 0.3 is 5.97 Å². The van der Waals surface area contributed by atoms with Crippen molar-refractivity contribution >= 4 is 23.5 Å². The van der Waals surface area contributed by atoms with E-state index in [1.165, 1.54) is 0 Å². The van der Waals surface area contributed by atoms with Gasteiger partial charge in [-0.2, -0.15) is 0 Å². The fourth-order valence-electron chi connectivity index (χ4n) is 3.95. The molecule has 1 aliphatic heterocycles. The summed E-state index contributed by atoms with van der Waals surface area (Å²) in [7, 11) is 0. The molecular weight excluding hydrogens is 358 g/mol. The molecule has 3 N–H and O–H groups in total. The number of nitrogens with zero attached hydrogens (tertiary/aromatic N) is 1. The predicted molar refractivity (Wildman–Crippen MR) is 106 cm³/mol. The van der Waals surface area contributed by atoms with Crippen molar-refractivity contribution in [3.05, 3.63) is 29.8 Å². The molecule has 2 amide bonds. The van der Waals surface area contributed by atoms with Gasteiger partial charge in [0.15, 0.2) is 0 Å². The Balaban J connectivity index is 1.54. The summed E-state index contributed by atoms with van der Waals surface area (Å²) in [5.41, 5.74) is 6.60. The van der Waals surface area contributed by atoms with Gasteiger partial charge in [-0.1, -0.05) is 12.8 Å². The molecule has 28 heavy (non-hydrogen) atoms. The number of ether oxygens (including phenoxy) is 1. The number of carbonyl (C=O) groups is 3. The molecule has 152 valence electrons. The zero-order valence-corrected chi connectivity index (χ0v) is 16.4. The van der Waals surface area contributed by atoms with Crippen LogP contribution in [-0.2, 0) is 14.3 Å². The van der Waals surface area contributed by atoms with Crippen molar-refractivity contribution in [2.24, 2.45) is 11.7 Å². The van der Waals surface area contributed by atoms with Gasteiger partial charge in [-0.3, -0.25) is 14.4 Å². The molecule has 2 aliphatic rings. The summed E-state index contributed by atoms with van der Waals surface area (Å²) in [6.45, 7) is 3.25. The largest absolute Gasteiger partial charge is 0.466 e. The minimum atomic E-state index is -0.780. The first-order valence-electron chi connectivity index (χ1n) is 10.1. The van der Waals surface area contributed by atoms with Gasteiger partial charge in [0.05, 0.1) is 18.1 Å². The lowest BCUT2D eigenvalue weighted by atomic mass is 9.96. The van der Waals surface area contributed by atoms with Gasteiger partial charge < -0.3 is 20.7 Å². The lowest BCUT2D eigenvalue weighted by Crippen LogP contribution is -2.48. The molecule has 1 aromatic carbocycles. The van der Waals surface area contributed by atoms with Crippen molar-refractivity contribution < 1.29 is 19.1 Å². The molecule has 1 saturated heterocycles. The van der Waals surface area contributed by atoms with Crippen LogP contribution in [0.5, 0.6) is 0 Å². The van der Waals surface area contributed by atoms with E-state index < -0.39 is 5.54 Å². The molecule has 7 nitrogen and oxygen atoms in total. The minimum Gasteiger partial charge on any atom is -0.466 e. The summed E-state index contributed by atoms with van der Waals surface area (Å²) < 4.78 is 5.06. The number of esters is 1. The number of nitrogens with two attached hydrogens (primary N) is 1. The molecule has 7 heteroatoms. The summed E-state index contributed by atoms with van der Waals surface area (Å²) in [4.78, 5) is 38.7. The van der Waals surface area contributed by atoms with Crippen molar-refractivity contribution in [2.75, 3.05) is 25.0 Å². The van der Waals surface area contributed by atoms with Crippen LogP contribution in [0.3, 0.4) is 0 Å². The van der Waals surface area contributed by atoms with Crippen LogP contribution in [0.15, 0.2) is 24.3 Å². The van der Waals surface area contributed by atoms with Crippen LogP contribution in [0.1, 0.15) is 55.8 Å². The standard InChI is InChI=1S/C21H29N3O4/c1-2-28-19(26)16-9-13-24(14-10-16)18(25)15-5-7-17(8-6-15)23-20(27)21(22)11-3-4-12-21/h5-8,16H,2-4,9-14,22H2,1H3,(H,23,27). The molecule has 3 rings (SSSR count). The van der Waals surface area contributed by atoms with Crippen LogP contribution in [-0.4, -0.2) is 47.9 Å². The van der Waals surface area contributed by atoms with Gasteiger partial charge in [-0.25, -0.2) is 0 Å². The van der Waals surface area contributed by atoms with E-state index in [1.54, 1.807) is 36.1 Å². The number of benzene rings is 1. The Kier molecular flexibility index (Phi) is 6.34. The molecule has 1 saturated carbocycles. The second-order valence-electron chi connectivity index (χ2n) is 7.71. The van der Waals surface area contributed by atoms with Gasteiger partial charge in [-0.15, -0.1) is 0 Å². The van der Waals surface area contributed by atoms with Crippen LogP contribution in [0, 0.1) is 5.92 Å². The fraction of sp³-hybridized carbons (Fsp3) is 0.571. The van der Waals surface area contributed by atoms with E-state index in [0.717, 1.165) is 12.8 Å². The van der Waals surface area contributed by atoms with Crippen molar-refractivity contribution in [1.29, 1.82) is 0 Å². The SMILES string of the molecule is CCOC(=O)C1CCN(C(=O)c2ccc(NC(=O)C3(N)CCCC3)cc2)CC1. The summed E-state index contributed by atoms with van der Waals surface area (Å²) in [5, 5.41) is 2.86. The van der Waals surface area contributed by atoms with Crippen molar-refractivity contribution in [1.82, 2.24) is 4.90 Å². The Bertz CT molecular complexity index is 718. The average Bonchev–Trinajstić information content (AvgIpc) is 3.16. The van der Waals surface area contributed by atoms with E-state index in [4.69, 9.17) is 10.5 Å². The summed E-state index contributed by atoms with van der Waals surface area (Å²) >= 11 is 0. The molecule has 1 aromatic rings. The smallest absolute Gasteiger partial charge is 0.309 e. The van der Waals surface area contributed by atoms with Crippen molar-refractivity contribution in [2.45, 2.75) is 51.0 Å². The Morgan fingerprint density at radius 3 is 2.32 bits per heavy atom. The van der Waals surface area contributed by atoms with Crippen LogP contribution < -0.4 is 11.1 Å². The van der Waals surface area contributed by atoms with Gasteiger partial charge in [0.25, 0.3) is 5.91 Å². The van der Waals surface area contributed by atoms with E-state index in [9.17, 15) is 14.4 Å². The number of likely N-dealkylation sites (tertiary alicyclic amines) is 1. The highest BCUT2D eigenvalue weighted by Gasteiger charge is 2.37. The highest BCUT2D eigenvalue weighted by atomic mass is 16.5. The quantitative estimate of drug-likeness (QED) is 0.755. The fourth-order valence-corrected chi connectivity index (χ4v) is 3.95. The number of nitrogens with one attached hydrogen (secondary N) is 1. The van der Waals surface area contributed by atoms with Crippen LogP contribution in [0.25, 0.3) is 0 Å². The van der Waals surface area contributed by atoms with E-state index >= 15 is 0 Å². The van der Waals surface area contributed by atoms with E-state index in [2.05, 4.69) is 5.32 Å². The lowest BCUT2D eigenvalue weighted by molar-refractivity contribution is -0.149. The second kappa shape index (κ2) is 8.73. The number of hydrogen-bond donors (Lipinski definition) is 2. The summed E-state index contributed by atoms with van der Waals surface area (Å²) in [6.07, 6.45) is 4.61. The number of carbonyl (C=O) groups excluding carboxylic acids is 3. The van der Waals surface area contributed by atoms with Crippen molar-refractivity contribution in [3.8, 4) is 0 Å². The summed E-state index contributed by atoms with van der Waals surface area (Å²) in [6, 6.07) is 6.89. The molecule has 1 heterocycles. The third-order valence-corrected chi connectivity index (χ3v) is 5.74. The number of hydrogen-bond acceptors (Lipinski definition) is 5. The van der Waals surface area contributed by atoms with Crippen LogP contribution in [0.2, 0.25) is 0 Å². The molecule has 0 atom stereocenters. The highest BCUT2D eigenvalue weighted by molar-refractivity contribution is 5.99. The Morgan fingerprint density at radius 1 is 1.14 bits per heavy atom. The Hall–Kier alpha value is -2.41. The molecule has 0 spiro atoms. The normalized spacial score (nSPS) is 19.3. The molecule has 1 aliphatic carbocycles. The number of anilines is 1. The maximum absolute atomic E-state index is 12.7. The highest BCUT2D eigenvalue weighted by Crippen LogP contribution is 2.28. The average molecular weight is 387 g/mol. The third kappa shape index (κ3) is 4.52. The van der Waals surface area contributed by atoms with Gasteiger partial charge in [0.2, 0.25) is 5.91 Å². The molecular formula is C21H29N3O4. The predicted octanol–water partition coefficient (Wildman–Crippen LogP) is 2.31. The van der Waals surface area contributed by atoms with Crippen LogP contribution in [0.4, 0.5) is 5.69 Å². The zero-order chi connectivity index (χ0) is 20.1. The number of amides is 2.